The predicted octanol–water partition coefficient (Wildman–Crippen LogP) is 0.632. The van der Waals surface area contributed by atoms with Gasteiger partial charge in [0.2, 0.25) is 10.0 Å². The van der Waals surface area contributed by atoms with E-state index >= 15 is 0 Å². The minimum absolute atomic E-state index is 0.0834. The Kier molecular flexibility index (Phi) is 7.10. The first-order chi connectivity index (χ1) is 11.0. The number of carbonyl (C=O) groups is 1. The van der Waals surface area contributed by atoms with Crippen molar-refractivity contribution >= 4 is 16.1 Å². The Morgan fingerprint density at radius 3 is 2.61 bits per heavy atom. The molecule has 23 heavy (non-hydrogen) atoms. The molecular weight excluding hydrogens is 316 g/mol. The number of hydrogen-bond donors (Lipinski definition) is 3. The first-order valence-electron chi connectivity index (χ1n) is 8.76. The Morgan fingerprint density at radius 2 is 1.91 bits per heavy atom. The van der Waals surface area contributed by atoms with E-state index in [0.29, 0.717) is 19.5 Å². The molecule has 134 valence electrons. The number of rotatable bonds is 8. The second-order valence-electron chi connectivity index (χ2n) is 6.47. The lowest BCUT2D eigenvalue weighted by Gasteiger charge is -2.23. The highest BCUT2D eigenvalue weighted by atomic mass is 32.2. The fourth-order valence-corrected chi connectivity index (χ4v) is 4.02. The summed E-state index contributed by atoms with van der Waals surface area (Å²) >= 11 is 0. The molecule has 1 atom stereocenters. The van der Waals surface area contributed by atoms with Crippen molar-refractivity contribution in [3.8, 4) is 0 Å². The van der Waals surface area contributed by atoms with E-state index in [-0.39, 0.29) is 17.8 Å². The molecule has 0 radical (unpaired) electrons. The van der Waals surface area contributed by atoms with Crippen LogP contribution in [0.4, 0.5) is 4.79 Å². The molecular formula is C15H30N4O3S. The molecule has 8 heteroatoms. The Bertz CT molecular complexity index is 477. The van der Waals surface area contributed by atoms with Gasteiger partial charge in [0.15, 0.2) is 0 Å². The lowest BCUT2D eigenvalue weighted by molar-refractivity contribution is 0.227. The van der Waals surface area contributed by atoms with E-state index in [1.807, 2.05) is 0 Å². The zero-order chi connectivity index (χ0) is 16.7. The number of likely N-dealkylation sites (tertiary alicyclic amines) is 1. The van der Waals surface area contributed by atoms with E-state index < -0.39 is 10.0 Å². The molecule has 0 spiro atoms. The molecule has 0 aromatic rings. The van der Waals surface area contributed by atoms with Crippen LogP contribution in [0.25, 0.3) is 0 Å². The van der Waals surface area contributed by atoms with Crippen molar-refractivity contribution in [3.63, 3.8) is 0 Å². The van der Waals surface area contributed by atoms with Gasteiger partial charge in [-0.1, -0.05) is 12.8 Å². The fraction of sp³-hybridized carbons (Fsp3) is 0.933. The van der Waals surface area contributed by atoms with E-state index in [2.05, 4.69) is 20.3 Å². The van der Waals surface area contributed by atoms with Gasteiger partial charge in [-0.15, -0.1) is 0 Å². The van der Waals surface area contributed by atoms with E-state index in [0.717, 1.165) is 25.6 Å². The minimum Gasteiger partial charge on any atom is -0.338 e. The number of nitrogens with zero attached hydrogens (tertiary/aromatic N) is 1. The summed E-state index contributed by atoms with van der Waals surface area (Å²) in [7, 11) is -3.14. The highest BCUT2D eigenvalue weighted by Crippen LogP contribution is 2.26. The van der Waals surface area contributed by atoms with Crippen LogP contribution in [0.1, 0.15) is 45.4 Å². The zero-order valence-electron chi connectivity index (χ0n) is 14.0. The average Bonchev–Trinajstić information content (AvgIpc) is 3.17. The van der Waals surface area contributed by atoms with E-state index in [1.165, 1.54) is 25.7 Å². The van der Waals surface area contributed by atoms with Crippen LogP contribution in [0.5, 0.6) is 0 Å². The Hall–Kier alpha value is -0.860. The van der Waals surface area contributed by atoms with Gasteiger partial charge in [0.1, 0.15) is 0 Å². The molecule has 2 amide bonds. The van der Waals surface area contributed by atoms with Crippen LogP contribution in [0.2, 0.25) is 0 Å². The van der Waals surface area contributed by atoms with Crippen LogP contribution in [0.15, 0.2) is 0 Å². The third-order valence-corrected chi connectivity index (χ3v) is 6.14. The maximum absolute atomic E-state index is 11.9. The summed E-state index contributed by atoms with van der Waals surface area (Å²) in [5.41, 5.74) is 0. The molecule has 1 aliphatic carbocycles. The van der Waals surface area contributed by atoms with Gasteiger partial charge < -0.3 is 10.6 Å². The Balaban J connectivity index is 1.55. The standard InChI is InChI=1S/C15H30N4O3S/c1-2-23(21,22)17-10-5-9-16-15(20)18-13-8-11-19(12-13)14-6-3-4-7-14/h13-14,17H,2-12H2,1H3,(H2,16,18,20). The van der Waals surface area contributed by atoms with E-state index in [9.17, 15) is 13.2 Å². The summed E-state index contributed by atoms with van der Waals surface area (Å²) in [5, 5.41) is 5.82. The normalized spacial score (nSPS) is 23.3. The zero-order valence-corrected chi connectivity index (χ0v) is 14.8. The van der Waals surface area contributed by atoms with Gasteiger partial charge in [0.05, 0.1) is 5.75 Å². The molecule has 0 aromatic carbocycles. The molecule has 1 aliphatic heterocycles. The highest BCUT2D eigenvalue weighted by Gasteiger charge is 2.30. The molecule has 1 saturated heterocycles. The molecule has 2 rings (SSSR count). The summed E-state index contributed by atoms with van der Waals surface area (Å²) in [6.45, 7) is 4.46. The molecule has 1 heterocycles. The molecule has 1 unspecified atom stereocenters. The molecule has 3 N–H and O–H groups in total. The van der Waals surface area contributed by atoms with Gasteiger partial charge in [-0.2, -0.15) is 0 Å². The SMILES string of the molecule is CCS(=O)(=O)NCCCNC(=O)NC1CCN(C2CCCC2)C1. The van der Waals surface area contributed by atoms with Crippen molar-refractivity contribution in [2.24, 2.45) is 0 Å². The third kappa shape index (κ3) is 6.27. The molecule has 2 fully saturated rings. The number of sulfonamides is 1. The van der Waals surface area contributed by atoms with Gasteiger partial charge in [-0.25, -0.2) is 17.9 Å². The number of urea groups is 1. The molecule has 7 nitrogen and oxygen atoms in total. The second-order valence-corrected chi connectivity index (χ2v) is 8.57. The van der Waals surface area contributed by atoms with Crippen molar-refractivity contribution in [1.82, 2.24) is 20.3 Å². The first kappa shape index (κ1) is 18.5. The maximum Gasteiger partial charge on any atom is 0.315 e. The van der Waals surface area contributed by atoms with E-state index in [1.54, 1.807) is 6.92 Å². The van der Waals surface area contributed by atoms with Gasteiger partial charge in [-0.3, -0.25) is 4.90 Å². The largest absolute Gasteiger partial charge is 0.338 e. The average molecular weight is 346 g/mol. The number of nitrogens with one attached hydrogen (secondary N) is 3. The predicted molar refractivity (Wildman–Crippen MR) is 90.8 cm³/mol. The van der Waals surface area contributed by atoms with Crippen molar-refractivity contribution in [1.29, 1.82) is 0 Å². The van der Waals surface area contributed by atoms with Crippen molar-refractivity contribution in [3.05, 3.63) is 0 Å². The molecule has 2 aliphatic rings. The lowest BCUT2D eigenvalue weighted by atomic mass is 10.2. The van der Waals surface area contributed by atoms with Gasteiger partial charge in [-0.05, 0) is 32.6 Å². The summed E-state index contributed by atoms with van der Waals surface area (Å²) in [6.07, 6.45) is 6.87. The lowest BCUT2D eigenvalue weighted by Crippen LogP contribution is -2.44. The monoisotopic (exact) mass is 346 g/mol. The highest BCUT2D eigenvalue weighted by molar-refractivity contribution is 7.89. The van der Waals surface area contributed by atoms with Crippen molar-refractivity contribution in [2.45, 2.75) is 57.5 Å². The van der Waals surface area contributed by atoms with Crippen LogP contribution in [-0.4, -0.2) is 63.4 Å². The minimum atomic E-state index is -3.14. The van der Waals surface area contributed by atoms with Crippen LogP contribution < -0.4 is 15.4 Å². The Labute approximate surface area is 139 Å². The summed E-state index contributed by atoms with van der Waals surface area (Å²) < 4.78 is 25.0. The van der Waals surface area contributed by atoms with Crippen LogP contribution in [0.3, 0.4) is 0 Å². The fourth-order valence-electron chi connectivity index (χ4n) is 3.36. The maximum atomic E-state index is 11.9. The van der Waals surface area contributed by atoms with Crippen LogP contribution in [0, 0.1) is 0 Å². The molecule has 0 aromatic heterocycles. The summed E-state index contributed by atoms with van der Waals surface area (Å²) in [6, 6.07) is 0.798. The number of carbonyl (C=O) groups excluding carboxylic acids is 1. The van der Waals surface area contributed by atoms with Gasteiger partial charge >= 0.3 is 6.03 Å². The van der Waals surface area contributed by atoms with Crippen LogP contribution in [-0.2, 0) is 10.0 Å². The third-order valence-electron chi connectivity index (χ3n) is 4.74. The summed E-state index contributed by atoms with van der Waals surface area (Å²) in [5.74, 6) is 0.0834. The smallest absolute Gasteiger partial charge is 0.315 e. The molecule has 1 saturated carbocycles. The first-order valence-corrected chi connectivity index (χ1v) is 10.4. The number of amides is 2. The van der Waals surface area contributed by atoms with E-state index in [4.69, 9.17) is 0 Å². The van der Waals surface area contributed by atoms with Gasteiger partial charge in [0.25, 0.3) is 0 Å². The Morgan fingerprint density at radius 1 is 1.17 bits per heavy atom. The topological polar surface area (TPSA) is 90.5 Å². The number of hydrogen-bond acceptors (Lipinski definition) is 4. The quantitative estimate of drug-likeness (QED) is 0.562. The second kappa shape index (κ2) is 8.84. The van der Waals surface area contributed by atoms with Crippen LogP contribution >= 0.6 is 0 Å². The van der Waals surface area contributed by atoms with Crippen molar-refractivity contribution < 1.29 is 13.2 Å². The van der Waals surface area contributed by atoms with Crippen molar-refractivity contribution in [2.75, 3.05) is 31.9 Å². The molecule has 0 bridgehead atoms. The summed E-state index contributed by atoms with van der Waals surface area (Å²) in [4.78, 5) is 14.4. The van der Waals surface area contributed by atoms with Gasteiger partial charge in [0, 0.05) is 38.3 Å².